The van der Waals surface area contributed by atoms with Crippen LogP contribution >= 0.6 is 0 Å². The molecule has 1 heterocycles. The van der Waals surface area contributed by atoms with Gasteiger partial charge in [-0.1, -0.05) is 0 Å². The van der Waals surface area contributed by atoms with Crippen molar-refractivity contribution in [1.82, 2.24) is 9.78 Å². The number of esters is 1. The highest BCUT2D eigenvalue weighted by atomic mass is 16.5. The Morgan fingerprint density at radius 1 is 1.00 bits per heavy atom. The van der Waals surface area contributed by atoms with Crippen LogP contribution in [0.5, 0.6) is 0 Å². The summed E-state index contributed by atoms with van der Waals surface area (Å²) in [4.78, 5) is 35.1. The van der Waals surface area contributed by atoms with Crippen LogP contribution in [0.15, 0.2) is 60.8 Å². The van der Waals surface area contributed by atoms with Crippen molar-refractivity contribution in [1.29, 1.82) is 0 Å². The van der Waals surface area contributed by atoms with Crippen LogP contribution < -0.4 is 11.1 Å². The highest BCUT2D eigenvalue weighted by molar-refractivity contribution is 5.96. The van der Waals surface area contributed by atoms with Crippen LogP contribution in [0.25, 0.3) is 5.69 Å². The number of amides is 2. The van der Waals surface area contributed by atoms with Gasteiger partial charge in [-0.2, -0.15) is 5.10 Å². The van der Waals surface area contributed by atoms with E-state index in [0.29, 0.717) is 16.8 Å². The van der Waals surface area contributed by atoms with Crippen LogP contribution in [0, 0.1) is 6.92 Å². The summed E-state index contributed by atoms with van der Waals surface area (Å²) >= 11 is 0. The van der Waals surface area contributed by atoms with Crippen LogP contribution in [-0.2, 0) is 9.53 Å². The molecule has 2 amide bonds. The molecule has 0 atom stereocenters. The third-order valence-corrected chi connectivity index (χ3v) is 3.97. The second kappa shape index (κ2) is 8.17. The lowest BCUT2D eigenvalue weighted by molar-refractivity contribution is -0.119. The number of hydrogen-bond donors (Lipinski definition) is 2. The van der Waals surface area contributed by atoms with Gasteiger partial charge in [-0.05, 0) is 61.5 Å². The number of benzene rings is 2. The third kappa shape index (κ3) is 4.42. The fourth-order valence-corrected chi connectivity index (χ4v) is 2.51. The molecule has 0 unspecified atom stereocenters. The van der Waals surface area contributed by atoms with E-state index in [1.165, 1.54) is 24.3 Å². The normalized spacial score (nSPS) is 10.3. The van der Waals surface area contributed by atoms with Crippen LogP contribution in [0.3, 0.4) is 0 Å². The van der Waals surface area contributed by atoms with Gasteiger partial charge >= 0.3 is 5.97 Å². The Bertz CT molecular complexity index is 1010. The Kier molecular flexibility index (Phi) is 5.50. The van der Waals surface area contributed by atoms with Crippen LogP contribution in [0.4, 0.5) is 5.69 Å². The minimum absolute atomic E-state index is 0.326. The average Bonchev–Trinajstić information content (AvgIpc) is 3.12. The Morgan fingerprint density at radius 2 is 1.64 bits per heavy atom. The van der Waals surface area contributed by atoms with Gasteiger partial charge < -0.3 is 15.8 Å². The molecule has 0 spiro atoms. The zero-order valence-corrected chi connectivity index (χ0v) is 15.1. The number of carbonyl (C=O) groups is 3. The summed E-state index contributed by atoms with van der Waals surface area (Å²) in [5, 5.41) is 6.77. The van der Waals surface area contributed by atoms with Gasteiger partial charge in [-0.3, -0.25) is 9.59 Å². The largest absolute Gasteiger partial charge is 0.452 e. The van der Waals surface area contributed by atoms with Crippen molar-refractivity contribution in [3.05, 3.63) is 77.6 Å². The van der Waals surface area contributed by atoms with Crippen molar-refractivity contribution in [2.45, 2.75) is 6.92 Å². The minimum atomic E-state index is -0.608. The molecule has 2 aromatic carbocycles. The Labute approximate surface area is 160 Å². The monoisotopic (exact) mass is 378 g/mol. The quantitative estimate of drug-likeness (QED) is 0.637. The summed E-state index contributed by atoms with van der Waals surface area (Å²) in [6.07, 6.45) is 1.69. The van der Waals surface area contributed by atoms with E-state index >= 15 is 0 Å². The molecule has 8 heteroatoms. The molecule has 0 saturated heterocycles. The molecule has 142 valence electrons. The molecule has 0 aliphatic heterocycles. The van der Waals surface area contributed by atoms with Crippen molar-refractivity contribution >= 4 is 23.5 Å². The predicted octanol–water partition coefficient (Wildman–Crippen LogP) is 2.08. The van der Waals surface area contributed by atoms with Crippen LogP contribution in [-0.4, -0.2) is 34.2 Å². The standard InChI is InChI=1S/C20H18N4O4/c1-13-10-11-22-24(13)17-8-4-15(5-9-17)20(27)28-12-18(25)23-16-6-2-14(3-7-16)19(21)26/h2-11H,12H2,1H3,(H2,21,26)(H,23,25). The summed E-state index contributed by atoms with van der Waals surface area (Å²) in [6, 6.07) is 14.7. The number of nitrogens with zero attached hydrogens (tertiary/aromatic N) is 2. The van der Waals surface area contributed by atoms with Gasteiger partial charge in [0.2, 0.25) is 5.91 Å². The van der Waals surface area contributed by atoms with Gasteiger partial charge in [-0.15, -0.1) is 0 Å². The molecule has 28 heavy (non-hydrogen) atoms. The Balaban J connectivity index is 1.54. The second-order valence-electron chi connectivity index (χ2n) is 6.00. The number of carbonyl (C=O) groups excluding carboxylic acids is 3. The molecule has 0 aliphatic rings. The molecule has 1 aromatic heterocycles. The highest BCUT2D eigenvalue weighted by Gasteiger charge is 2.11. The van der Waals surface area contributed by atoms with Crippen molar-refractivity contribution < 1.29 is 19.1 Å². The number of rotatable bonds is 6. The predicted molar refractivity (Wildman–Crippen MR) is 102 cm³/mol. The first-order valence-corrected chi connectivity index (χ1v) is 8.42. The number of primary amides is 1. The number of anilines is 1. The van der Waals surface area contributed by atoms with E-state index in [2.05, 4.69) is 10.4 Å². The van der Waals surface area contributed by atoms with Gasteiger partial charge in [0, 0.05) is 23.1 Å². The highest BCUT2D eigenvalue weighted by Crippen LogP contribution is 2.12. The zero-order chi connectivity index (χ0) is 20.1. The molecule has 0 bridgehead atoms. The summed E-state index contributed by atoms with van der Waals surface area (Å²) in [5.74, 6) is -1.66. The maximum Gasteiger partial charge on any atom is 0.338 e. The lowest BCUT2D eigenvalue weighted by Crippen LogP contribution is -2.21. The summed E-state index contributed by atoms with van der Waals surface area (Å²) in [5.41, 5.74) is 8.06. The zero-order valence-electron chi connectivity index (χ0n) is 15.1. The van der Waals surface area contributed by atoms with E-state index in [-0.39, 0.29) is 0 Å². The second-order valence-corrected chi connectivity index (χ2v) is 6.00. The number of aryl methyl sites for hydroxylation is 1. The fraction of sp³-hybridized carbons (Fsp3) is 0.100. The van der Waals surface area contributed by atoms with Gasteiger partial charge in [-0.25, -0.2) is 9.48 Å². The smallest absolute Gasteiger partial charge is 0.338 e. The number of ether oxygens (including phenoxy) is 1. The summed E-state index contributed by atoms with van der Waals surface area (Å²) in [7, 11) is 0. The average molecular weight is 378 g/mol. The SMILES string of the molecule is Cc1ccnn1-c1ccc(C(=O)OCC(=O)Nc2ccc(C(N)=O)cc2)cc1. The number of aromatic nitrogens is 2. The van der Waals surface area contributed by atoms with Crippen molar-refractivity contribution in [2.75, 3.05) is 11.9 Å². The van der Waals surface area contributed by atoms with E-state index in [9.17, 15) is 14.4 Å². The molecule has 0 fully saturated rings. The molecule has 0 aliphatic carbocycles. The molecule has 3 rings (SSSR count). The molecular formula is C20H18N4O4. The number of hydrogen-bond acceptors (Lipinski definition) is 5. The maximum absolute atomic E-state index is 12.1. The van der Waals surface area contributed by atoms with E-state index in [0.717, 1.165) is 11.4 Å². The first-order valence-electron chi connectivity index (χ1n) is 8.42. The number of nitrogens with one attached hydrogen (secondary N) is 1. The molecule has 0 saturated carbocycles. The van der Waals surface area contributed by atoms with E-state index < -0.39 is 24.4 Å². The van der Waals surface area contributed by atoms with Gasteiger partial charge in [0.05, 0.1) is 11.3 Å². The van der Waals surface area contributed by atoms with Crippen LogP contribution in [0.2, 0.25) is 0 Å². The Hall–Kier alpha value is -3.94. The molecular weight excluding hydrogens is 360 g/mol. The molecule has 3 N–H and O–H groups in total. The topological polar surface area (TPSA) is 116 Å². The van der Waals surface area contributed by atoms with Gasteiger partial charge in [0.15, 0.2) is 6.61 Å². The van der Waals surface area contributed by atoms with E-state index in [4.69, 9.17) is 10.5 Å². The lowest BCUT2D eigenvalue weighted by atomic mass is 10.2. The summed E-state index contributed by atoms with van der Waals surface area (Å²) in [6.45, 7) is 1.49. The van der Waals surface area contributed by atoms with Gasteiger partial charge in [0.25, 0.3) is 5.91 Å². The van der Waals surface area contributed by atoms with Crippen molar-refractivity contribution in [3.8, 4) is 5.69 Å². The van der Waals surface area contributed by atoms with Crippen molar-refractivity contribution in [3.63, 3.8) is 0 Å². The number of nitrogens with two attached hydrogens (primary N) is 1. The van der Waals surface area contributed by atoms with Gasteiger partial charge in [0.1, 0.15) is 0 Å². The molecule has 3 aromatic rings. The lowest BCUT2D eigenvalue weighted by Gasteiger charge is -2.08. The van der Waals surface area contributed by atoms with E-state index in [1.807, 2.05) is 13.0 Å². The van der Waals surface area contributed by atoms with E-state index in [1.54, 1.807) is 35.1 Å². The summed E-state index contributed by atoms with van der Waals surface area (Å²) < 4.78 is 6.77. The fourth-order valence-electron chi connectivity index (χ4n) is 2.51. The third-order valence-electron chi connectivity index (χ3n) is 3.97. The molecule has 8 nitrogen and oxygen atoms in total. The first kappa shape index (κ1) is 18.8. The minimum Gasteiger partial charge on any atom is -0.452 e. The van der Waals surface area contributed by atoms with Crippen molar-refractivity contribution in [2.24, 2.45) is 5.73 Å². The molecule has 0 radical (unpaired) electrons. The van der Waals surface area contributed by atoms with Crippen LogP contribution in [0.1, 0.15) is 26.4 Å². The first-order chi connectivity index (χ1) is 13.4. The maximum atomic E-state index is 12.1. The Morgan fingerprint density at radius 3 is 2.21 bits per heavy atom.